The van der Waals surface area contributed by atoms with Crippen molar-refractivity contribution in [3.05, 3.63) is 60.7 Å². The van der Waals surface area contributed by atoms with Gasteiger partial charge in [0.25, 0.3) is 0 Å². The molecule has 3 aromatic heterocycles. The van der Waals surface area contributed by atoms with Crippen molar-refractivity contribution in [2.75, 3.05) is 12.4 Å². The van der Waals surface area contributed by atoms with Crippen molar-refractivity contribution in [3.63, 3.8) is 0 Å². The number of aromatic nitrogens is 4. The monoisotopic (exact) mass is 445 g/mol. The Balaban J connectivity index is 1.25. The first-order chi connectivity index (χ1) is 16.0. The lowest BCUT2D eigenvalue weighted by atomic mass is 10.0. The maximum atomic E-state index is 6.55. The minimum Gasteiger partial charge on any atom is -0.373 e. The van der Waals surface area contributed by atoms with Crippen LogP contribution in [0.4, 0.5) is 5.82 Å². The highest BCUT2D eigenvalue weighted by Gasteiger charge is 2.55. The number of pyridine rings is 1. The third-order valence-corrected chi connectivity index (χ3v) is 6.51. The molecular formula is C25H27N5O3. The summed E-state index contributed by atoms with van der Waals surface area (Å²) in [6.45, 7) is 3.92. The first-order valence-corrected chi connectivity index (χ1v) is 11.4. The van der Waals surface area contributed by atoms with Crippen molar-refractivity contribution in [1.29, 1.82) is 0 Å². The van der Waals surface area contributed by atoms with Gasteiger partial charge in [-0.25, -0.2) is 15.0 Å². The Kier molecular flexibility index (Phi) is 4.83. The van der Waals surface area contributed by atoms with E-state index in [0.717, 1.165) is 40.6 Å². The SMILES string of the molecule is CNc1ccc2ccc(CC[C@H]3O[C@@H](n4ccc5cncnc54)[C@@H]4OC(C)(C)O[C@@H]43)cc2n1. The van der Waals surface area contributed by atoms with Crippen LogP contribution in [0.2, 0.25) is 0 Å². The van der Waals surface area contributed by atoms with Gasteiger partial charge < -0.3 is 24.1 Å². The largest absolute Gasteiger partial charge is 0.373 e. The quantitative estimate of drug-likeness (QED) is 0.496. The molecule has 2 saturated heterocycles. The molecule has 0 saturated carbocycles. The Morgan fingerprint density at radius 1 is 1.06 bits per heavy atom. The minimum atomic E-state index is -0.649. The number of anilines is 1. The van der Waals surface area contributed by atoms with E-state index in [1.54, 1.807) is 6.33 Å². The average molecular weight is 446 g/mol. The molecule has 4 aromatic rings. The summed E-state index contributed by atoms with van der Waals surface area (Å²) in [5.74, 6) is 0.218. The van der Waals surface area contributed by atoms with E-state index in [0.29, 0.717) is 0 Å². The van der Waals surface area contributed by atoms with Gasteiger partial charge in [-0.3, -0.25) is 0 Å². The summed E-state index contributed by atoms with van der Waals surface area (Å²) in [5, 5.41) is 5.21. The van der Waals surface area contributed by atoms with E-state index in [-0.39, 0.29) is 24.5 Å². The highest BCUT2D eigenvalue weighted by atomic mass is 16.8. The highest BCUT2D eigenvalue weighted by molar-refractivity contribution is 5.81. The molecule has 1 N–H and O–H groups in total. The molecule has 0 spiro atoms. The number of nitrogens with zero attached hydrogens (tertiary/aromatic N) is 4. The van der Waals surface area contributed by atoms with E-state index in [4.69, 9.17) is 14.2 Å². The van der Waals surface area contributed by atoms with Crippen LogP contribution in [0.25, 0.3) is 21.9 Å². The normalized spacial score (nSPS) is 26.2. The predicted octanol–water partition coefficient (Wildman–Crippen LogP) is 4.07. The lowest BCUT2D eigenvalue weighted by Gasteiger charge is -2.25. The fourth-order valence-corrected chi connectivity index (χ4v) is 4.99. The van der Waals surface area contributed by atoms with Crippen molar-refractivity contribution in [2.24, 2.45) is 0 Å². The average Bonchev–Trinajstić information content (AvgIpc) is 3.47. The molecule has 0 unspecified atom stereocenters. The minimum absolute atomic E-state index is 0.0895. The van der Waals surface area contributed by atoms with Crippen molar-refractivity contribution < 1.29 is 14.2 Å². The van der Waals surface area contributed by atoms with Gasteiger partial charge in [0, 0.05) is 30.2 Å². The zero-order chi connectivity index (χ0) is 22.6. The second-order valence-electron chi connectivity index (χ2n) is 9.17. The Labute approximate surface area is 191 Å². The van der Waals surface area contributed by atoms with E-state index in [2.05, 4.69) is 44.5 Å². The summed E-state index contributed by atoms with van der Waals surface area (Å²) in [4.78, 5) is 13.3. The van der Waals surface area contributed by atoms with E-state index < -0.39 is 5.79 Å². The van der Waals surface area contributed by atoms with Gasteiger partial charge in [0.15, 0.2) is 12.0 Å². The summed E-state index contributed by atoms with van der Waals surface area (Å²) in [5.41, 5.74) is 3.05. The van der Waals surface area contributed by atoms with Gasteiger partial charge in [-0.15, -0.1) is 0 Å². The maximum Gasteiger partial charge on any atom is 0.164 e. The molecule has 4 atom stereocenters. The smallest absolute Gasteiger partial charge is 0.164 e. The molecular weight excluding hydrogens is 418 g/mol. The molecule has 6 rings (SSSR count). The molecule has 170 valence electrons. The van der Waals surface area contributed by atoms with Crippen molar-refractivity contribution in [3.8, 4) is 0 Å². The zero-order valence-corrected chi connectivity index (χ0v) is 18.9. The van der Waals surface area contributed by atoms with Crippen molar-refractivity contribution in [1.82, 2.24) is 19.5 Å². The van der Waals surface area contributed by atoms with Crippen LogP contribution in [-0.2, 0) is 20.6 Å². The third-order valence-electron chi connectivity index (χ3n) is 6.51. The molecule has 2 aliphatic heterocycles. The van der Waals surface area contributed by atoms with Gasteiger partial charge in [-0.2, -0.15) is 0 Å². The van der Waals surface area contributed by atoms with Crippen LogP contribution in [-0.4, -0.2) is 50.7 Å². The molecule has 2 aliphatic rings. The van der Waals surface area contributed by atoms with E-state index in [1.807, 2.05) is 50.0 Å². The van der Waals surface area contributed by atoms with Gasteiger partial charge in [0.05, 0.1) is 11.6 Å². The number of hydrogen-bond acceptors (Lipinski definition) is 7. The zero-order valence-electron chi connectivity index (χ0n) is 18.9. The van der Waals surface area contributed by atoms with E-state index in [9.17, 15) is 0 Å². The Morgan fingerprint density at radius 3 is 2.79 bits per heavy atom. The molecule has 33 heavy (non-hydrogen) atoms. The van der Waals surface area contributed by atoms with Gasteiger partial charge in [0.2, 0.25) is 0 Å². The van der Waals surface area contributed by atoms with Crippen LogP contribution >= 0.6 is 0 Å². The van der Waals surface area contributed by atoms with Crippen LogP contribution < -0.4 is 5.32 Å². The fourth-order valence-electron chi connectivity index (χ4n) is 4.99. The molecule has 8 nitrogen and oxygen atoms in total. The second-order valence-corrected chi connectivity index (χ2v) is 9.17. The van der Waals surface area contributed by atoms with Crippen LogP contribution in [0.1, 0.15) is 32.1 Å². The van der Waals surface area contributed by atoms with Gasteiger partial charge >= 0.3 is 0 Å². The number of aryl methyl sites for hydroxylation is 1. The number of nitrogens with one attached hydrogen (secondary N) is 1. The number of benzene rings is 1. The molecule has 0 aliphatic carbocycles. The molecule has 0 amide bonds. The van der Waals surface area contributed by atoms with E-state index >= 15 is 0 Å². The maximum absolute atomic E-state index is 6.55. The number of rotatable bonds is 5. The fraction of sp³-hybridized carbons (Fsp3) is 0.400. The summed E-state index contributed by atoms with van der Waals surface area (Å²) >= 11 is 0. The Bertz CT molecular complexity index is 1320. The molecule has 8 heteroatoms. The summed E-state index contributed by atoms with van der Waals surface area (Å²) in [7, 11) is 1.88. The van der Waals surface area contributed by atoms with Crippen LogP contribution in [0.5, 0.6) is 0 Å². The van der Waals surface area contributed by atoms with Gasteiger partial charge in [-0.05, 0) is 56.5 Å². The van der Waals surface area contributed by atoms with Gasteiger partial charge in [0.1, 0.15) is 30.0 Å². The van der Waals surface area contributed by atoms with Crippen molar-refractivity contribution in [2.45, 2.75) is 57.0 Å². The highest BCUT2D eigenvalue weighted by Crippen LogP contribution is 2.45. The summed E-state index contributed by atoms with van der Waals surface area (Å²) in [6.07, 6.45) is 6.32. The topological polar surface area (TPSA) is 83.3 Å². The Morgan fingerprint density at radius 2 is 1.91 bits per heavy atom. The number of ether oxygens (including phenoxy) is 3. The molecule has 0 bridgehead atoms. The Hall–Kier alpha value is -3.07. The standard InChI is InChI=1S/C25H27N5O3/c1-25(2)32-21-19(8-5-15-4-6-16-7-9-20(26-3)29-18(16)12-15)31-24(22(21)33-25)30-11-10-17-13-27-14-28-23(17)30/h4,6-7,9-14,19,21-22,24H,5,8H2,1-3H3,(H,26,29)/t19-,21-,22-,24-/m1/s1. The molecule has 1 aromatic carbocycles. The second kappa shape index (κ2) is 7.76. The number of fused-ring (bicyclic) bond motifs is 3. The summed E-state index contributed by atoms with van der Waals surface area (Å²) < 4.78 is 21.2. The third kappa shape index (κ3) is 3.64. The van der Waals surface area contributed by atoms with Crippen LogP contribution in [0.3, 0.4) is 0 Å². The predicted molar refractivity (Wildman–Crippen MR) is 125 cm³/mol. The lowest BCUT2D eigenvalue weighted by molar-refractivity contribution is -0.196. The molecule has 2 fully saturated rings. The number of hydrogen-bond donors (Lipinski definition) is 1. The van der Waals surface area contributed by atoms with Crippen LogP contribution in [0.15, 0.2) is 55.1 Å². The molecule has 5 heterocycles. The summed E-state index contributed by atoms with van der Waals surface area (Å²) in [6, 6.07) is 12.5. The molecule has 0 radical (unpaired) electrons. The van der Waals surface area contributed by atoms with Gasteiger partial charge in [-0.1, -0.05) is 12.1 Å². The first kappa shape index (κ1) is 20.5. The van der Waals surface area contributed by atoms with E-state index in [1.165, 1.54) is 5.56 Å². The lowest BCUT2D eigenvalue weighted by Crippen LogP contribution is -2.29. The van der Waals surface area contributed by atoms with Crippen molar-refractivity contribution >= 4 is 27.8 Å². The first-order valence-electron chi connectivity index (χ1n) is 11.4. The van der Waals surface area contributed by atoms with Crippen LogP contribution in [0, 0.1) is 0 Å².